The van der Waals surface area contributed by atoms with Crippen molar-refractivity contribution in [2.24, 2.45) is 5.92 Å². The van der Waals surface area contributed by atoms with Crippen molar-refractivity contribution in [2.45, 2.75) is 12.8 Å². The highest BCUT2D eigenvalue weighted by atomic mass is 16.1. The van der Waals surface area contributed by atoms with Crippen LogP contribution in [0.1, 0.15) is 12.8 Å². The SMILES string of the molecule is O=C(Nc1cccc(-c2ncc[nH]2)c1)C1CCNCC1. The zero-order valence-electron chi connectivity index (χ0n) is 11.2. The highest BCUT2D eigenvalue weighted by Crippen LogP contribution is 2.21. The number of carbonyl (C=O) groups excluding carboxylic acids is 1. The summed E-state index contributed by atoms with van der Waals surface area (Å²) in [6, 6.07) is 7.75. The molecule has 3 N–H and O–H groups in total. The minimum atomic E-state index is 0.114. The Labute approximate surface area is 117 Å². The molecule has 0 unspecified atom stereocenters. The summed E-state index contributed by atoms with van der Waals surface area (Å²) in [7, 11) is 0. The van der Waals surface area contributed by atoms with Crippen LogP contribution in [0.3, 0.4) is 0 Å². The van der Waals surface area contributed by atoms with E-state index < -0.39 is 0 Å². The normalized spacial score (nSPS) is 16.0. The number of hydrogen-bond acceptors (Lipinski definition) is 3. The third-order valence-corrected chi connectivity index (χ3v) is 3.61. The van der Waals surface area contributed by atoms with Crippen LogP contribution in [0.4, 0.5) is 5.69 Å². The number of aromatic amines is 1. The minimum Gasteiger partial charge on any atom is -0.345 e. The van der Waals surface area contributed by atoms with Gasteiger partial charge in [0.05, 0.1) is 0 Å². The largest absolute Gasteiger partial charge is 0.345 e. The van der Waals surface area contributed by atoms with Gasteiger partial charge in [-0.25, -0.2) is 4.98 Å². The van der Waals surface area contributed by atoms with Gasteiger partial charge >= 0.3 is 0 Å². The third kappa shape index (κ3) is 2.88. The lowest BCUT2D eigenvalue weighted by Gasteiger charge is -2.21. The molecule has 1 amide bonds. The molecule has 0 atom stereocenters. The summed E-state index contributed by atoms with van der Waals surface area (Å²) in [4.78, 5) is 19.5. The summed E-state index contributed by atoms with van der Waals surface area (Å²) in [5.41, 5.74) is 1.79. The molecule has 1 aliphatic rings. The van der Waals surface area contributed by atoms with Crippen LogP contribution in [0.25, 0.3) is 11.4 Å². The van der Waals surface area contributed by atoms with E-state index in [0.29, 0.717) is 0 Å². The number of amides is 1. The Kier molecular flexibility index (Phi) is 3.78. The van der Waals surface area contributed by atoms with Crippen LogP contribution < -0.4 is 10.6 Å². The smallest absolute Gasteiger partial charge is 0.227 e. The maximum Gasteiger partial charge on any atom is 0.227 e. The summed E-state index contributed by atoms with van der Waals surface area (Å²) >= 11 is 0. The van der Waals surface area contributed by atoms with Gasteiger partial charge in [-0.15, -0.1) is 0 Å². The Bertz CT molecular complexity index is 573. The molecule has 1 aliphatic heterocycles. The maximum atomic E-state index is 12.2. The molecule has 5 nitrogen and oxygen atoms in total. The predicted octanol–water partition coefficient (Wildman–Crippen LogP) is 2.01. The fourth-order valence-electron chi connectivity index (χ4n) is 2.50. The summed E-state index contributed by atoms with van der Waals surface area (Å²) < 4.78 is 0. The van der Waals surface area contributed by atoms with Gasteiger partial charge in [-0.2, -0.15) is 0 Å². The lowest BCUT2D eigenvalue weighted by molar-refractivity contribution is -0.120. The quantitative estimate of drug-likeness (QED) is 0.799. The molecule has 1 fully saturated rings. The van der Waals surface area contributed by atoms with E-state index in [4.69, 9.17) is 0 Å². The summed E-state index contributed by atoms with van der Waals surface area (Å²) in [5, 5.41) is 6.27. The molecular formula is C15H18N4O. The van der Waals surface area contributed by atoms with E-state index in [-0.39, 0.29) is 11.8 Å². The molecule has 5 heteroatoms. The number of rotatable bonds is 3. The number of imidazole rings is 1. The van der Waals surface area contributed by atoms with Crippen molar-refractivity contribution in [1.29, 1.82) is 0 Å². The second-order valence-corrected chi connectivity index (χ2v) is 5.03. The molecule has 0 radical (unpaired) electrons. The second kappa shape index (κ2) is 5.88. The molecule has 1 saturated heterocycles. The first-order valence-corrected chi connectivity index (χ1v) is 6.94. The molecule has 3 rings (SSSR count). The predicted molar refractivity (Wildman–Crippen MR) is 78.2 cm³/mol. The molecule has 0 saturated carbocycles. The standard InChI is InChI=1S/C15H18N4O/c20-15(11-4-6-16-7-5-11)19-13-3-1-2-12(10-13)14-17-8-9-18-14/h1-3,8-11,16H,4-7H2,(H,17,18)(H,19,20). The molecule has 2 heterocycles. The van der Waals surface area contributed by atoms with E-state index in [2.05, 4.69) is 20.6 Å². The molecule has 104 valence electrons. The molecule has 1 aromatic heterocycles. The van der Waals surface area contributed by atoms with Gasteiger partial charge < -0.3 is 15.6 Å². The van der Waals surface area contributed by atoms with Gasteiger partial charge in [0.15, 0.2) is 0 Å². The molecule has 1 aromatic carbocycles. The first-order chi connectivity index (χ1) is 9.83. The summed E-state index contributed by atoms with van der Waals surface area (Å²) in [6.07, 6.45) is 5.32. The van der Waals surface area contributed by atoms with Crippen molar-refractivity contribution in [2.75, 3.05) is 18.4 Å². The Morgan fingerprint density at radius 1 is 1.30 bits per heavy atom. The van der Waals surface area contributed by atoms with Gasteiger partial charge in [-0.05, 0) is 38.1 Å². The first-order valence-electron chi connectivity index (χ1n) is 6.94. The average Bonchev–Trinajstić information content (AvgIpc) is 3.03. The average molecular weight is 270 g/mol. The van der Waals surface area contributed by atoms with Gasteiger partial charge in [0.1, 0.15) is 5.82 Å². The molecule has 0 spiro atoms. The van der Waals surface area contributed by atoms with Crippen LogP contribution in [0, 0.1) is 5.92 Å². The lowest BCUT2D eigenvalue weighted by Crippen LogP contribution is -2.34. The van der Waals surface area contributed by atoms with Gasteiger partial charge in [-0.3, -0.25) is 4.79 Å². The van der Waals surface area contributed by atoms with Gasteiger partial charge in [0.2, 0.25) is 5.91 Å². The number of H-pyrrole nitrogens is 1. The maximum absolute atomic E-state index is 12.2. The van der Waals surface area contributed by atoms with E-state index in [0.717, 1.165) is 43.0 Å². The Morgan fingerprint density at radius 3 is 2.90 bits per heavy atom. The molecule has 0 bridgehead atoms. The number of hydrogen-bond donors (Lipinski definition) is 3. The van der Waals surface area contributed by atoms with Crippen LogP contribution >= 0.6 is 0 Å². The lowest BCUT2D eigenvalue weighted by atomic mass is 9.97. The molecule has 0 aliphatic carbocycles. The van der Waals surface area contributed by atoms with Crippen molar-refractivity contribution < 1.29 is 4.79 Å². The fourth-order valence-corrected chi connectivity index (χ4v) is 2.50. The van der Waals surface area contributed by atoms with Gasteiger partial charge in [-0.1, -0.05) is 12.1 Å². The van der Waals surface area contributed by atoms with E-state index in [1.807, 2.05) is 24.3 Å². The Balaban J connectivity index is 1.71. The topological polar surface area (TPSA) is 69.8 Å². The molecular weight excluding hydrogens is 252 g/mol. The van der Waals surface area contributed by atoms with Gasteiger partial charge in [0.25, 0.3) is 0 Å². The summed E-state index contributed by atoms with van der Waals surface area (Å²) in [5.74, 6) is 1.04. The second-order valence-electron chi connectivity index (χ2n) is 5.03. The van der Waals surface area contributed by atoms with E-state index in [1.165, 1.54) is 0 Å². The zero-order chi connectivity index (χ0) is 13.8. The Hall–Kier alpha value is -2.14. The number of nitrogens with zero attached hydrogens (tertiary/aromatic N) is 1. The molecule has 2 aromatic rings. The highest BCUT2D eigenvalue weighted by molar-refractivity contribution is 5.93. The number of carbonyl (C=O) groups is 1. The monoisotopic (exact) mass is 270 g/mol. The zero-order valence-corrected chi connectivity index (χ0v) is 11.2. The van der Waals surface area contributed by atoms with E-state index >= 15 is 0 Å². The van der Waals surface area contributed by atoms with Crippen molar-refractivity contribution in [3.8, 4) is 11.4 Å². The van der Waals surface area contributed by atoms with Crippen LogP contribution in [0.5, 0.6) is 0 Å². The number of aromatic nitrogens is 2. The number of benzene rings is 1. The Morgan fingerprint density at radius 2 is 2.15 bits per heavy atom. The fraction of sp³-hybridized carbons (Fsp3) is 0.333. The van der Waals surface area contributed by atoms with Crippen LogP contribution in [-0.4, -0.2) is 29.0 Å². The van der Waals surface area contributed by atoms with E-state index in [1.54, 1.807) is 12.4 Å². The summed E-state index contributed by atoms with van der Waals surface area (Å²) in [6.45, 7) is 1.84. The van der Waals surface area contributed by atoms with Crippen molar-refractivity contribution in [3.05, 3.63) is 36.7 Å². The minimum absolute atomic E-state index is 0.114. The van der Waals surface area contributed by atoms with Crippen LogP contribution in [0.15, 0.2) is 36.7 Å². The molecule has 20 heavy (non-hydrogen) atoms. The number of nitrogens with one attached hydrogen (secondary N) is 3. The van der Waals surface area contributed by atoms with Crippen LogP contribution in [-0.2, 0) is 4.79 Å². The van der Waals surface area contributed by atoms with E-state index in [9.17, 15) is 4.79 Å². The van der Waals surface area contributed by atoms with Gasteiger partial charge in [0, 0.05) is 29.6 Å². The number of piperidine rings is 1. The van der Waals surface area contributed by atoms with Crippen LogP contribution in [0.2, 0.25) is 0 Å². The number of anilines is 1. The third-order valence-electron chi connectivity index (χ3n) is 3.61. The van der Waals surface area contributed by atoms with Crippen molar-refractivity contribution in [3.63, 3.8) is 0 Å². The van der Waals surface area contributed by atoms with Crippen molar-refractivity contribution in [1.82, 2.24) is 15.3 Å². The highest BCUT2D eigenvalue weighted by Gasteiger charge is 2.20. The van der Waals surface area contributed by atoms with Crippen molar-refractivity contribution >= 4 is 11.6 Å². The first kappa shape index (κ1) is 12.9.